The lowest BCUT2D eigenvalue weighted by atomic mass is 9.93. The molecule has 0 saturated heterocycles. The minimum absolute atomic E-state index is 0.0135. The van der Waals surface area contributed by atoms with E-state index in [-0.39, 0.29) is 23.8 Å². The molecule has 2 heterocycles. The Hall–Kier alpha value is -2.71. The molecule has 2 aliphatic rings. The van der Waals surface area contributed by atoms with Gasteiger partial charge in [0.05, 0.1) is 10.6 Å². The lowest BCUT2D eigenvalue weighted by molar-refractivity contribution is -0.124. The second-order valence-electron chi connectivity index (χ2n) is 7.40. The highest BCUT2D eigenvalue weighted by atomic mass is 32.2. The number of sulfone groups is 1. The van der Waals surface area contributed by atoms with Crippen LogP contribution in [0, 0.1) is 5.92 Å². The molecular weight excluding hydrogens is 395 g/mol. The van der Waals surface area contributed by atoms with E-state index in [1.54, 1.807) is 18.2 Å². The quantitative estimate of drug-likeness (QED) is 0.594. The minimum Gasteiger partial charge on any atom is -0.339 e. The minimum atomic E-state index is -3.35. The zero-order chi connectivity index (χ0) is 20.8. The number of allylic oxidation sites excluding steroid dienone is 4. The Bertz CT molecular complexity index is 1200. The summed E-state index contributed by atoms with van der Waals surface area (Å²) < 4.78 is 42.2. The molecule has 0 bridgehead atoms. The predicted octanol–water partition coefficient (Wildman–Crippen LogP) is 3.22. The number of para-hydroxylation sites is 1. The van der Waals surface area contributed by atoms with Crippen molar-refractivity contribution in [3.8, 4) is 0 Å². The first-order valence-electron chi connectivity index (χ1n) is 9.37. The number of hydrogen-bond acceptors (Lipinski definition) is 4. The zero-order valence-corrected chi connectivity index (χ0v) is 16.7. The molecule has 2 N–H and O–H groups in total. The third kappa shape index (κ3) is 3.32. The van der Waals surface area contributed by atoms with E-state index in [0.717, 1.165) is 11.6 Å². The Morgan fingerprint density at radius 3 is 2.86 bits per heavy atom. The molecule has 0 spiro atoms. The first kappa shape index (κ1) is 19.6. The van der Waals surface area contributed by atoms with Gasteiger partial charge in [-0.15, -0.1) is 0 Å². The SMILES string of the molecule is CC1C/C=C/C(C(=O)NO)=C\C(F)=C1Cn1c2c(c3ccccc31)S(=O)(=O)CC2. The second kappa shape index (κ2) is 7.27. The molecule has 1 aromatic heterocycles. The van der Waals surface area contributed by atoms with Gasteiger partial charge in [-0.2, -0.15) is 0 Å². The van der Waals surface area contributed by atoms with Crippen LogP contribution in [-0.4, -0.2) is 29.9 Å². The largest absolute Gasteiger partial charge is 0.339 e. The van der Waals surface area contributed by atoms with Crippen LogP contribution < -0.4 is 5.48 Å². The van der Waals surface area contributed by atoms with Gasteiger partial charge in [0.1, 0.15) is 5.83 Å². The number of benzene rings is 1. The molecule has 1 atom stereocenters. The molecule has 29 heavy (non-hydrogen) atoms. The van der Waals surface area contributed by atoms with E-state index in [1.807, 2.05) is 23.6 Å². The summed E-state index contributed by atoms with van der Waals surface area (Å²) in [7, 11) is -3.35. The number of fused-ring (bicyclic) bond motifs is 3. The fraction of sp³-hybridized carbons (Fsp3) is 0.286. The molecule has 0 saturated carbocycles. The number of halogens is 1. The third-order valence-electron chi connectivity index (χ3n) is 5.61. The average Bonchev–Trinajstić information content (AvgIpc) is 3.18. The standard InChI is InChI=1S/C21H21FN2O4S/c1-13-5-4-6-14(21(25)23-26)11-17(22)16(13)12-24-18-8-3-2-7-15(18)20-19(24)9-10-29(20,27)28/h2-4,6-8,11,13,26H,5,9-10,12H2,1H3,(H,23,25)/b6-4+,14-11+,17-16?. The summed E-state index contributed by atoms with van der Waals surface area (Å²) >= 11 is 0. The Kier molecular flexibility index (Phi) is 4.92. The van der Waals surface area contributed by atoms with Gasteiger partial charge in [-0.1, -0.05) is 37.3 Å². The Morgan fingerprint density at radius 1 is 1.34 bits per heavy atom. The number of nitrogens with zero attached hydrogens (tertiary/aromatic N) is 1. The first-order chi connectivity index (χ1) is 13.8. The second-order valence-corrected chi connectivity index (χ2v) is 9.45. The summed E-state index contributed by atoms with van der Waals surface area (Å²) in [6.07, 6.45) is 5.26. The molecule has 2 aromatic rings. The highest BCUT2D eigenvalue weighted by Gasteiger charge is 2.33. The molecule has 1 aromatic carbocycles. The van der Waals surface area contributed by atoms with Crippen molar-refractivity contribution >= 4 is 26.6 Å². The number of rotatable bonds is 3. The van der Waals surface area contributed by atoms with Crippen LogP contribution in [0.1, 0.15) is 19.0 Å². The number of carbonyl (C=O) groups is 1. The van der Waals surface area contributed by atoms with Gasteiger partial charge in [-0.25, -0.2) is 18.3 Å². The van der Waals surface area contributed by atoms with E-state index in [4.69, 9.17) is 5.21 Å². The van der Waals surface area contributed by atoms with Gasteiger partial charge in [0.2, 0.25) is 0 Å². The summed E-state index contributed by atoms with van der Waals surface area (Å²) in [5.74, 6) is -1.42. The number of amides is 1. The smallest absolute Gasteiger partial charge is 0.274 e. The maximum atomic E-state index is 15.2. The number of aromatic nitrogens is 1. The van der Waals surface area contributed by atoms with Gasteiger partial charge in [0.15, 0.2) is 9.84 Å². The van der Waals surface area contributed by atoms with E-state index in [1.165, 1.54) is 11.6 Å². The average molecular weight is 416 g/mol. The van der Waals surface area contributed by atoms with Crippen LogP contribution in [0.3, 0.4) is 0 Å². The molecule has 1 amide bonds. The molecular formula is C21H21FN2O4S. The van der Waals surface area contributed by atoms with E-state index in [9.17, 15) is 13.2 Å². The molecule has 1 aliphatic heterocycles. The van der Waals surface area contributed by atoms with Crippen LogP contribution in [0.5, 0.6) is 0 Å². The number of hydrogen-bond donors (Lipinski definition) is 2. The number of hydroxylamine groups is 1. The van der Waals surface area contributed by atoms with Crippen molar-refractivity contribution in [1.29, 1.82) is 0 Å². The van der Waals surface area contributed by atoms with Gasteiger partial charge in [-0.3, -0.25) is 10.0 Å². The van der Waals surface area contributed by atoms with Crippen LogP contribution >= 0.6 is 0 Å². The monoisotopic (exact) mass is 416 g/mol. The van der Waals surface area contributed by atoms with Gasteiger partial charge in [0.25, 0.3) is 5.91 Å². The van der Waals surface area contributed by atoms with Crippen molar-refractivity contribution in [2.45, 2.75) is 31.2 Å². The summed E-state index contributed by atoms with van der Waals surface area (Å²) in [6, 6.07) is 7.26. The van der Waals surface area contributed by atoms with Crippen LogP contribution in [0.2, 0.25) is 0 Å². The van der Waals surface area contributed by atoms with Crippen molar-refractivity contribution in [3.63, 3.8) is 0 Å². The van der Waals surface area contributed by atoms with Gasteiger partial charge in [0, 0.05) is 35.1 Å². The van der Waals surface area contributed by atoms with E-state index < -0.39 is 21.6 Å². The zero-order valence-electron chi connectivity index (χ0n) is 15.9. The molecule has 0 fully saturated rings. The van der Waals surface area contributed by atoms with Crippen molar-refractivity contribution in [2.75, 3.05) is 5.75 Å². The Morgan fingerprint density at radius 2 is 2.10 bits per heavy atom. The van der Waals surface area contributed by atoms with Crippen molar-refractivity contribution in [3.05, 3.63) is 65.2 Å². The molecule has 8 heteroatoms. The summed E-state index contributed by atoms with van der Waals surface area (Å²) in [5.41, 5.74) is 3.47. The molecule has 6 nitrogen and oxygen atoms in total. The fourth-order valence-electron chi connectivity index (χ4n) is 4.10. The van der Waals surface area contributed by atoms with E-state index in [0.29, 0.717) is 34.4 Å². The number of nitrogens with one attached hydrogen (secondary N) is 1. The van der Waals surface area contributed by atoms with Crippen molar-refractivity contribution < 1.29 is 22.8 Å². The van der Waals surface area contributed by atoms with E-state index >= 15 is 4.39 Å². The fourth-order valence-corrected chi connectivity index (χ4v) is 5.84. The summed E-state index contributed by atoms with van der Waals surface area (Å²) in [5, 5.41) is 9.52. The molecule has 0 radical (unpaired) electrons. The highest BCUT2D eigenvalue weighted by Crippen LogP contribution is 2.38. The van der Waals surface area contributed by atoms with Crippen LogP contribution in [0.15, 0.2) is 64.4 Å². The summed E-state index contributed by atoms with van der Waals surface area (Å²) in [4.78, 5) is 12.1. The first-order valence-corrected chi connectivity index (χ1v) is 11.0. The Balaban J connectivity index is 1.87. The van der Waals surface area contributed by atoms with Gasteiger partial charge < -0.3 is 4.57 Å². The molecule has 1 unspecified atom stereocenters. The van der Waals surface area contributed by atoms with Gasteiger partial charge in [-0.05, 0) is 30.1 Å². The lowest BCUT2D eigenvalue weighted by Gasteiger charge is -2.20. The maximum absolute atomic E-state index is 15.2. The Labute approximate surface area is 167 Å². The highest BCUT2D eigenvalue weighted by molar-refractivity contribution is 7.92. The van der Waals surface area contributed by atoms with E-state index in [2.05, 4.69) is 0 Å². The molecule has 4 rings (SSSR count). The van der Waals surface area contributed by atoms with Crippen molar-refractivity contribution in [2.24, 2.45) is 5.92 Å². The van der Waals surface area contributed by atoms with Crippen LogP contribution in [-0.2, 0) is 27.6 Å². The molecule has 1 aliphatic carbocycles. The topological polar surface area (TPSA) is 88.4 Å². The molecule has 152 valence electrons. The number of carbonyl (C=O) groups excluding carboxylic acids is 1. The maximum Gasteiger partial charge on any atom is 0.274 e. The normalized spacial score (nSPS) is 23.8. The lowest BCUT2D eigenvalue weighted by Crippen LogP contribution is -2.20. The van der Waals surface area contributed by atoms with Crippen LogP contribution in [0.4, 0.5) is 4.39 Å². The van der Waals surface area contributed by atoms with Crippen LogP contribution in [0.25, 0.3) is 10.9 Å². The third-order valence-corrected chi connectivity index (χ3v) is 7.43. The van der Waals surface area contributed by atoms with Crippen molar-refractivity contribution in [1.82, 2.24) is 10.0 Å². The summed E-state index contributed by atoms with van der Waals surface area (Å²) in [6.45, 7) is 2.09. The predicted molar refractivity (Wildman–Crippen MR) is 107 cm³/mol. The van der Waals surface area contributed by atoms with Gasteiger partial charge >= 0.3 is 0 Å².